The van der Waals surface area contributed by atoms with Gasteiger partial charge in [0, 0.05) is 5.02 Å². The molecule has 0 heterocycles. The van der Waals surface area contributed by atoms with Crippen LogP contribution < -0.4 is 19.2 Å². The van der Waals surface area contributed by atoms with E-state index in [1.165, 1.54) is 25.5 Å². The molecule has 0 aliphatic carbocycles. The maximum Gasteiger partial charge on any atom is 0.264 e. The smallest absolute Gasteiger partial charge is 0.264 e. The SMILES string of the molecule is COc1ccccc1N(CC(=O)N/N=C\c1ccc(OCc2cccc(Cl)c2)cc1)S(=O)(=O)c1ccccc1. The number of carbonyl (C=O) groups is 1. The van der Waals surface area contributed by atoms with Gasteiger partial charge in [-0.05, 0) is 71.8 Å². The fourth-order valence-electron chi connectivity index (χ4n) is 3.64. The van der Waals surface area contributed by atoms with Crippen molar-refractivity contribution in [3.05, 3.63) is 119 Å². The van der Waals surface area contributed by atoms with Crippen LogP contribution in [0.25, 0.3) is 0 Å². The average molecular weight is 564 g/mol. The molecule has 39 heavy (non-hydrogen) atoms. The number of anilines is 1. The average Bonchev–Trinajstić information content (AvgIpc) is 2.96. The molecule has 4 aromatic rings. The number of sulfonamides is 1. The molecule has 4 rings (SSSR count). The van der Waals surface area contributed by atoms with Gasteiger partial charge in [0.05, 0.1) is 23.9 Å². The van der Waals surface area contributed by atoms with Crippen molar-refractivity contribution >= 4 is 39.4 Å². The number of benzene rings is 4. The zero-order chi connectivity index (χ0) is 27.7. The highest BCUT2D eigenvalue weighted by molar-refractivity contribution is 7.92. The van der Waals surface area contributed by atoms with Gasteiger partial charge in [0.15, 0.2) is 0 Å². The van der Waals surface area contributed by atoms with E-state index in [1.807, 2.05) is 18.2 Å². The maximum absolute atomic E-state index is 13.5. The van der Waals surface area contributed by atoms with Crippen LogP contribution in [0, 0.1) is 0 Å². The summed E-state index contributed by atoms with van der Waals surface area (Å²) in [6.07, 6.45) is 1.46. The lowest BCUT2D eigenvalue weighted by molar-refractivity contribution is -0.119. The number of para-hydroxylation sites is 2. The minimum Gasteiger partial charge on any atom is -0.495 e. The van der Waals surface area contributed by atoms with Crippen LogP contribution in [0.2, 0.25) is 5.02 Å². The van der Waals surface area contributed by atoms with Crippen molar-refractivity contribution in [3.8, 4) is 11.5 Å². The zero-order valence-electron chi connectivity index (χ0n) is 21.0. The number of rotatable bonds is 11. The Morgan fingerprint density at radius 1 is 0.949 bits per heavy atom. The van der Waals surface area contributed by atoms with Crippen molar-refractivity contribution in [2.45, 2.75) is 11.5 Å². The highest BCUT2D eigenvalue weighted by Crippen LogP contribution is 2.32. The van der Waals surface area contributed by atoms with Crippen LogP contribution >= 0.6 is 11.6 Å². The first kappa shape index (κ1) is 27.7. The summed E-state index contributed by atoms with van der Waals surface area (Å²) in [7, 11) is -2.64. The third kappa shape index (κ3) is 7.37. The molecule has 0 unspecified atom stereocenters. The molecule has 8 nitrogen and oxygen atoms in total. The Balaban J connectivity index is 1.42. The molecular weight excluding hydrogens is 538 g/mol. The monoisotopic (exact) mass is 563 g/mol. The number of amides is 1. The van der Waals surface area contributed by atoms with Gasteiger partial charge in [0.25, 0.3) is 15.9 Å². The van der Waals surface area contributed by atoms with Crippen LogP contribution in [-0.2, 0) is 21.4 Å². The minimum atomic E-state index is -4.07. The fourth-order valence-corrected chi connectivity index (χ4v) is 5.31. The second-order valence-electron chi connectivity index (χ2n) is 8.28. The molecule has 0 saturated carbocycles. The molecule has 200 valence electrons. The summed E-state index contributed by atoms with van der Waals surface area (Å²) in [5.41, 5.74) is 4.29. The normalized spacial score (nSPS) is 11.2. The van der Waals surface area contributed by atoms with Crippen LogP contribution in [-0.4, -0.2) is 34.2 Å². The predicted molar refractivity (Wildman–Crippen MR) is 152 cm³/mol. The van der Waals surface area contributed by atoms with E-state index >= 15 is 0 Å². The molecule has 0 aromatic heterocycles. The summed E-state index contributed by atoms with van der Waals surface area (Å²) in [5, 5.41) is 4.63. The van der Waals surface area contributed by atoms with Crippen molar-refractivity contribution in [1.29, 1.82) is 0 Å². The number of hydrogen-bond acceptors (Lipinski definition) is 6. The Labute approximate surface area is 232 Å². The van der Waals surface area contributed by atoms with Crippen molar-refractivity contribution < 1.29 is 22.7 Å². The largest absolute Gasteiger partial charge is 0.495 e. The molecule has 0 bridgehead atoms. The van der Waals surface area contributed by atoms with Crippen LogP contribution in [0.15, 0.2) is 113 Å². The minimum absolute atomic E-state index is 0.0462. The molecule has 0 aliphatic rings. The summed E-state index contributed by atoms with van der Waals surface area (Å²) in [6.45, 7) is -0.135. The second-order valence-corrected chi connectivity index (χ2v) is 10.6. The molecule has 0 aliphatic heterocycles. The number of halogens is 1. The van der Waals surface area contributed by atoms with E-state index in [0.717, 1.165) is 9.87 Å². The van der Waals surface area contributed by atoms with E-state index in [1.54, 1.807) is 72.8 Å². The summed E-state index contributed by atoms with van der Waals surface area (Å²) < 4.78 is 39.0. The molecule has 0 atom stereocenters. The van der Waals surface area contributed by atoms with E-state index in [0.29, 0.717) is 28.7 Å². The number of hydrazone groups is 1. The summed E-state index contributed by atoms with van der Waals surface area (Å²) in [5.74, 6) is 0.346. The van der Waals surface area contributed by atoms with Crippen LogP contribution in [0.1, 0.15) is 11.1 Å². The molecule has 4 aromatic carbocycles. The van der Waals surface area contributed by atoms with E-state index < -0.39 is 22.5 Å². The van der Waals surface area contributed by atoms with E-state index in [9.17, 15) is 13.2 Å². The first-order chi connectivity index (χ1) is 18.9. The lowest BCUT2D eigenvalue weighted by Crippen LogP contribution is -2.39. The molecule has 0 spiro atoms. The van der Waals surface area contributed by atoms with Crippen LogP contribution in [0.3, 0.4) is 0 Å². The summed E-state index contributed by atoms with van der Waals surface area (Å²) >= 11 is 6.00. The van der Waals surface area contributed by atoms with E-state index in [-0.39, 0.29) is 10.6 Å². The standard InChI is InChI=1S/C29H26ClN3O5S/c1-37-28-13-6-5-12-27(28)33(39(35,36)26-10-3-2-4-11-26)20-29(34)32-31-19-22-14-16-25(17-15-22)38-21-23-8-7-9-24(30)18-23/h2-19H,20-21H2,1H3,(H,32,34)/b31-19-. The molecule has 1 N–H and O–H groups in total. The van der Waals surface area contributed by atoms with E-state index in [2.05, 4.69) is 10.5 Å². The highest BCUT2D eigenvalue weighted by Gasteiger charge is 2.29. The number of carbonyl (C=O) groups excluding carboxylic acids is 1. The first-order valence-electron chi connectivity index (χ1n) is 11.9. The van der Waals surface area contributed by atoms with Gasteiger partial charge in [-0.1, -0.05) is 54.1 Å². The molecular formula is C29H26ClN3O5S. The zero-order valence-corrected chi connectivity index (χ0v) is 22.6. The Bertz CT molecular complexity index is 1540. The summed E-state index contributed by atoms with van der Waals surface area (Å²) in [6, 6.07) is 29.0. The third-order valence-corrected chi connectivity index (χ3v) is 7.56. The number of ether oxygens (including phenoxy) is 2. The molecule has 1 amide bonds. The first-order valence-corrected chi connectivity index (χ1v) is 13.7. The third-order valence-electron chi connectivity index (χ3n) is 5.55. The van der Waals surface area contributed by atoms with Crippen molar-refractivity contribution in [1.82, 2.24) is 5.43 Å². The van der Waals surface area contributed by atoms with Crippen molar-refractivity contribution in [2.24, 2.45) is 5.10 Å². The van der Waals surface area contributed by atoms with Gasteiger partial charge in [-0.15, -0.1) is 0 Å². The van der Waals surface area contributed by atoms with Gasteiger partial charge in [-0.2, -0.15) is 5.10 Å². The molecule has 0 saturated heterocycles. The molecule has 0 radical (unpaired) electrons. The molecule has 10 heteroatoms. The van der Waals surface area contributed by atoms with Crippen LogP contribution in [0.5, 0.6) is 11.5 Å². The van der Waals surface area contributed by atoms with Gasteiger partial charge in [0.2, 0.25) is 0 Å². The highest BCUT2D eigenvalue weighted by atomic mass is 35.5. The van der Waals surface area contributed by atoms with Gasteiger partial charge in [-0.3, -0.25) is 9.10 Å². The number of methoxy groups -OCH3 is 1. The number of nitrogens with zero attached hydrogens (tertiary/aromatic N) is 2. The summed E-state index contributed by atoms with van der Waals surface area (Å²) in [4.78, 5) is 12.8. The predicted octanol–water partition coefficient (Wildman–Crippen LogP) is 5.27. The Morgan fingerprint density at radius 2 is 1.67 bits per heavy atom. The van der Waals surface area contributed by atoms with E-state index in [4.69, 9.17) is 21.1 Å². The number of nitrogens with one attached hydrogen (secondary N) is 1. The quantitative estimate of drug-likeness (QED) is 0.198. The van der Waals surface area contributed by atoms with Gasteiger partial charge < -0.3 is 9.47 Å². The van der Waals surface area contributed by atoms with Crippen molar-refractivity contribution in [2.75, 3.05) is 18.0 Å². The second kappa shape index (κ2) is 12.9. The van der Waals surface area contributed by atoms with Gasteiger partial charge in [0.1, 0.15) is 24.7 Å². The molecule has 0 fully saturated rings. The number of hydrogen-bond donors (Lipinski definition) is 1. The van der Waals surface area contributed by atoms with Crippen molar-refractivity contribution in [3.63, 3.8) is 0 Å². The fraction of sp³-hybridized carbons (Fsp3) is 0.103. The lowest BCUT2D eigenvalue weighted by atomic mass is 10.2. The lowest BCUT2D eigenvalue weighted by Gasteiger charge is -2.25. The Hall–Kier alpha value is -4.34. The van der Waals surface area contributed by atoms with Crippen LogP contribution in [0.4, 0.5) is 5.69 Å². The van der Waals surface area contributed by atoms with Gasteiger partial charge >= 0.3 is 0 Å². The van der Waals surface area contributed by atoms with Gasteiger partial charge in [-0.25, -0.2) is 13.8 Å². The Kier molecular flexibility index (Phi) is 9.19. The maximum atomic E-state index is 13.5. The Morgan fingerprint density at radius 3 is 2.38 bits per heavy atom. The topological polar surface area (TPSA) is 97.3 Å².